The minimum absolute atomic E-state index is 0.304. The van der Waals surface area contributed by atoms with Gasteiger partial charge in [0.1, 0.15) is 11.6 Å². The maximum Gasteiger partial charge on any atom is 0.508 e. The zero-order valence-corrected chi connectivity index (χ0v) is 7.36. The van der Waals surface area contributed by atoms with Gasteiger partial charge in [-0.05, 0) is 24.3 Å². The van der Waals surface area contributed by atoms with Crippen molar-refractivity contribution < 1.29 is 26.0 Å². The molecular weight excluding hydrogens is 224 g/mol. The highest BCUT2D eigenvalue weighted by Gasteiger charge is 2.39. The van der Waals surface area contributed by atoms with Crippen molar-refractivity contribution in [2.45, 2.75) is 5.51 Å². The maximum absolute atomic E-state index is 12.3. The quantitative estimate of drug-likeness (QED) is 0.726. The molecule has 0 aliphatic carbocycles. The highest BCUT2D eigenvalue weighted by Crippen LogP contribution is 2.23. The van der Waals surface area contributed by atoms with E-state index in [-0.39, 0.29) is 5.75 Å². The van der Waals surface area contributed by atoms with Gasteiger partial charge in [-0.25, -0.2) is 8.60 Å². The number of rotatable bonds is 2. The van der Waals surface area contributed by atoms with E-state index in [4.69, 9.17) is 0 Å². The highest BCUT2D eigenvalue weighted by molar-refractivity contribution is 7.81. The molecule has 0 bridgehead atoms. The van der Waals surface area contributed by atoms with Crippen LogP contribution in [0.15, 0.2) is 24.3 Å². The first-order valence-corrected chi connectivity index (χ1v) is 4.39. The van der Waals surface area contributed by atoms with Gasteiger partial charge in [-0.3, -0.25) is 0 Å². The predicted octanol–water partition coefficient (Wildman–Crippen LogP) is 2.39. The van der Waals surface area contributed by atoms with Gasteiger partial charge in [0.2, 0.25) is 0 Å². The number of alkyl halides is 3. The largest absolute Gasteiger partial charge is 0.508 e. The lowest BCUT2D eigenvalue weighted by Gasteiger charge is -2.06. The summed E-state index contributed by atoms with van der Waals surface area (Å²) in [6, 6.07) is 3.73. The number of benzene rings is 1. The summed E-state index contributed by atoms with van der Waals surface area (Å²) in [5.41, 5.74) is -4.94. The summed E-state index contributed by atoms with van der Waals surface area (Å²) in [5, 5.41) is 0. The topological polar surface area (TPSA) is 26.3 Å². The molecule has 2 nitrogen and oxygen atoms in total. The van der Waals surface area contributed by atoms with Crippen molar-refractivity contribution in [3.05, 3.63) is 30.1 Å². The number of halogens is 4. The third-order valence-electron chi connectivity index (χ3n) is 1.17. The standard InChI is InChI=1S/C7H4F4O2S/c8-5-1-3-6(4-2-5)13-14(12)7(9,10)11/h1-4H. The van der Waals surface area contributed by atoms with Crippen LogP contribution >= 0.6 is 0 Å². The smallest absolute Gasteiger partial charge is 0.394 e. The van der Waals surface area contributed by atoms with Crippen LogP contribution in [-0.4, -0.2) is 9.72 Å². The second-order valence-electron chi connectivity index (χ2n) is 2.22. The Balaban J connectivity index is 2.71. The first-order valence-electron chi connectivity index (χ1n) is 3.32. The molecule has 1 aromatic carbocycles. The Morgan fingerprint density at radius 2 is 1.64 bits per heavy atom. The van der Waals surface area contributed by atoms with E-state index in [0.717, 1.165) is 24.3 Å². The SMILES string of the molecule is O=S(Oc1ccc(F)cc1)C(F)(F)F. The summed E-state index contributed by atoms with van der Waals surface area (Å²) in [7, 11) is 0. The lowest BCUT2D eigenvalue weighted by molar-refractivity contribution is -0.0437. The van der Waals surface area contributed by atoms with E-state index in [1.807, 2.05) is 0 Å². The van der Waals surface area contributed by atoms with E-state index in [2.05, 4.69) is 4.18 Å². The van der Waals surface area contributed by atoms with Gasteiger partial charge < -0.3 is 4.18 Å². The molecular formula is C7H4F4O2S. The van der Waals surface area contributed by atoms with Crippen LogP contribution in [0.4, 0.5) is 17.6 Å². The monoisotopic (exact) mass is 228 g/mol. The molecule has 1 atom stereocenters. The number of hydrogen-bond acceptors (Lipinski definition) is 2. The molecule has 0 amide bonds. The first-order chi connectivity index (χ1) is 6.39. The molecule has 0 N–H and O–H groups in total. The fraction of sp³-hybridized carbons (Fsp3) is 0.143. The zero-order chi connectivity index (χ0) is 10.8. The van der Waals surface area contributed by atoms with Crippen molar-refractivity contribution >= 4 is 11.1 Å². The molecule has 14 heavy (non-hydrogen) atoms. The third-order valence-corrected chi connectivity index (χ3v) is 1.90. The van der Waals surface area contributed by atoms with Gasteiger partial charge in [-0.1, -0.05) is 0 Å². The Morgan fingerprint density at radius 3 is 2.07 bits per heavy atom. The minimum atomic E-state index is -4.94. The summed E-state index contributed by atoms with van der Waals surface area (Å²) in [6.07, 6.45) is 0. The molecule has 1 rings (SSSR count). The summed E-state index contributed by atoms with van der Waals surface area (Å²) >= 11 is -3.42. The van der Waals surface area contributed by atoms with E-state index in [1.165, 1.54) is 0 Å². The van der Waals surface area contributed by atoms with Gasteiger partial charge in [0.15, 0.2) is 0 Å². The molecule has 0 radical (unpaired) electrons. The van der Waals surface area contributed by atoms with Crippen molar-refractivity contribution in [3.63, 3.8) is 0 Å². The number of hydrogen-bond donors (Lipinski definition) is 0. The summed E-state index contributed by atoms with van der Waals surface area (Å²) in [5.74, 6) is -0.919. The van der Waals surface area contributed by atoms with Crippen LogP contribution < -0.4 is 4.18 Å². The van der Waals surface area contributed by atoms with E-state index in [0.29, 0.717) is 0 Å². The Hall–Kier alpha value is -1.11. The average Bonchev–Trinajstić information content (AvgIpc) is 2.07. The van der Waals surface area contributed by atoms with Gasteiger partial charge >= 0.3 is 16.6 Å². The fourth-order valence-corrected chi connectivity index (χ4v) is 1.01. The first kappa shape index (κ1) is 11.0. The Morgan fingerprint density at radius 1 is 1.14 bits per heavy atom. The third kappa shape index (κ3) is 2.99. The summed E-state index contributed by atoms with van der Waals surface area (Å²) in [6.45, 7) is 0. The van der Waals surface area contributed by atoms with Crippen LogP contribution in [-0.2, 0) is 11.1 Å². The molecule has 0 fully saturated rings. The van der Waals surface area contributed by atoms with Crippen LogP contribution in [0.1, 0.15) is 0 Å². The van der Waals surface area contributed by atoms with Crippen molar-refractivity contribution in [2.75, 3.05) is 0 Å². The van der Waals surface area contributed by atoms with Gasteiger partial charge in [0, 0.05) is 0 Å². The van der Waals surface area contributed by atoms with Crippen molar-refractivity contribution in [1.29, 1.82) is 0 Å². The summed E-state index contributed by atoms with van der Waals surface area (Å²) < 4.78 is 61.9. The fourth-order valence-electron chi connectivity index (χ4n) is 0.625. The predicted molar refractivity (Wildman–Crippen MR) is 41.2 cm³/mol. The van der Waals surface area contributed by atoms with Crippen LogP contribution in [0.25, 0.3) is 0 Å². The van der Waals surface area contributed by atoms with E-state index >= 15 is 0 Å². The zero-order valence-electron chi connectivity index (χ0n) is 6.55. The lowest BCUT2D eigenvalue weighted by atomic mass is 10.3. The van der Waals surface area contributed by atoms with Gasteiger partial charge in [0.25, 0.3) is 0 Å². The van der Waals surface area contributed by atoms with Gasteiger partial charge in [-0.15, -0.1) is 0 Å². The molecule has 0 aromatic heterocycles. The van der Waals surface area contributed by atoms with E-state index in [9.17, 15) is 21.8 Å². The van der Waals surface area contributed by atoms with Crippen LogP contribution in [0, 0.1) is 5.82 Å². The molecule has 0 saturated heterocycles. The molecule has 78 valence electrons. The average molecular weight is 228 g/mol. The second kappa shape index (κ2) is 3.95. The van der Waals surface area contributed by atoms with Crippen LogP contribution in [0.3, 0.4) is 0 Å². The molecule has 1 aromatic rings. The molecule has 7 heteroatoms. The molecule has 0 saturated carbocycles. The highest BCUT2D eigenvalue weighted by atomic mass is 32.2. The van der Waals surface area contributed by atoms with Crippen LogP contribution in [0.2, 0.25) is 0 Å². The molecule has 1 unspecified atom stereocenters. The second-order valence-corrected chi connectivity index (χ2v) is 3.32. The van der Waals surface area contributed by atoms with Crippen molar-refractivity contribution in [2.24, 2.45) is 0 Å². The Labute approximate surface area is 79.2 Å². The van der Waals surface area contributed by atoms with Crippen molar-refractivity contribution in [3.8, 4) is 5.75 Å². The van der Waals surface area contributed by atoms with Crippen molar-refractivity contribution in [1.82, 2.24) is 0 Å². The normalized spacial score (nSPS) is 13.7. The van der Waals surface area contributed by atoms with E-state index in [1.54, 1.807) is 0 Å². The summed E-state index contributed by atoms with van der Waals surface area (Å²) in [4.78, 5) is 0. The molecule has 0 aliphatic heterocycles. The van der Waals surface area contributed by atoms with Crippen LogP contribution in [0.5, 0.6) is 5.75 Å². The van der Waals surface area contributed by atoms with Gasteiger partial charge in [0.05, 0.1) is 0 Å². The van der Waals surface area contributed by atoms with E-state index < -0.39 is 22.4 Å². The lowest BCUT2D eigenvalue weighted by Crippen LogP contribution is -2.20. The maximum atomic E-state index is 12.3. The molecule has 0 spiro atoms. The Kier molecular flexibility index (Phi) is 3.10. The molecule has 0 heterocycles. The Bertz CT molecular complexity index is 333. The minimum Gasteiger partial charge on any atom is -0.394 e. The molecule has 0 aliphatic rings. The van der Waals surface area contributed by atoms with Gasteiger partial charge in [-0.2, -0.15) is 13.2 Å².